The fraction of sp³-hybridized carbons (Fsp3) is 0.286. The maximum atomic E-state index is 12.5. The predicted octanol–water partition coefficient (Wildman–Crippen LogP) is 2.46. The molecule has 0 bridgehead atoms. The van der Waals surface area contributed by atoms with Crippen LogP contribution in [0.15, 0.2) is 64.0 Å². The van der Waals surface area contributed by atoms with Crippen molar-refractivity contribution in [3.63, 3.8) is 0 Å². The second-order valence-corrected chi connectivity index (χ2v) is 8.81. The Morgan fingerprint density at radius 1 is 1.16 bits per heavy atom. The van der Waals surface area contributed by atoms with E-state index >= 15 is 0 Å². The van der Waals surface area contributed by atoms with E-state index < -0.39 is 10.0 Å². The molecule has 1 N–H and O–H groups in total. The SMILES string of the molecule is COc1cccc(-c2noc(CNC(=O)CCCN(C)S(=O)(=O)c3ccccc3)n2)c1. The van der Waals surface area contributed by atoms with Crippen molar-refractivity contribution in [2.45, 2.75) is 24.3 Å². The summed E-state index contributed by atoms with van der Waals surface area (Å²) in [7, 11) is -0.488. The van der Waals surface area contributed by atoms with Crippen molar-refractivity contribution in [3.05, 3.63) is 60.5 Å². The van der Waals surface area contributed by atoms with E-state index in [1.807, 2.05) is 18.2 Å². The van der Waals surface area contributed by atoms with Gasteiger partial charge in [0.2, 0.25) is 27.6 Å². The predicted molar refractivity (Wildman–Crippen MR) is 114 cm³/mol. The molecular weight excluding hydrogens is 420 g/mol. The summed E-state index contributed by atoms with van der Waals surface area (Å²) in [6, 6.07) is 15.4. The lowest BCUT2D eigenvalue weighted by Crippen LogP contribution is -2.29. The highest BCUT2D eigenvalue weighted by atomic mass is 32.2. The summed E-state index contributed by atoms with van der Waals surface area (Å²) < 4.78 is 36.5. The van der Waals surface area contributed by atoms with Crippen LogP contribution in [-0.2, 0) is 21.4 Å². The van der Waals surface area contributed by atoms with Gasteiger partial charge in [-0.1, -0.05) is 35.5 Å². The molecule has 1 heterocycles. The van der Waals surface area contributed by atoms with E-state index in [1.54, 1.807) is 43.5 Å². The van der Waals surface area contributed by atoms with Gasteiger partial charge in [-0.15, -0.1) is 0 Å². The molecule has 0 spiro atoms. The normalized spacial score (nSPS) is 11.5. The lowest BCUT2D eigenvalue weighted by atomic mass is 10.2. The van der Waals surface area contributed by atoms with Crippen molar-refractivity contribution in [3.8, 4) is 17.1 Å². The number of aromatic nitrogens is 2. The standard InChI is InChI=1S/C21H24N4O5S/c1-25(31(27,28)18-10-4-3-5-11-18)13-7-12-19(26)22-15-20-23-21(24-30-20)16-8-6-9-17(14-16)29-2/h3-6,8-11,14H,7,12-13,15H2,1-2H3,(H,22,26). The molecule has 0 unspecified atom stereocenters. The molecular formula is C21H24N4O5S. The van der Waals surface area contributed by atoms with Crippen LogP contribution in [0.5, 0.6) is 5.75 Å². The molecule has 31 heavy (non-hydrogen) atoms. The van der Waals surface area contributed by atoms with Crippen molar-refractivity contribution in [2.24, 2.45) is 0 Å². The molecule has 10 heteroatoms. The maximum Gasteiger partial charge on any atom is 0.246 e. The Bertz CT molecular complexity index is 1120. The lowest BCUT2D eigenvalue weighted by molar-refractivity contribution is -0.121. The van der Waals surface area contributed by atoms with Gasteiger partial charge >= 0.3 is 0 Å². The molecule has 0 aliphatic heterocycles. The first-order chi connectivity index (χ1) is 14.9. The summed E-state index contributed by atoms with van der Waals surface area (Å²) in [4.78, 5) is 16.6. The van der Waals surface area contributed by atoms with E-state index in [-0.39, 0.29) is 36.2 Å². The number of hydrogen-bond donors (Lipinski definition) is 1. The Morgan fingerprint density at radius 2 is 1.94 bits per heavy atom. The molecule has 0 radical (unpaired) electrons. The maximum absolute atomic E-state index is 12.5. The van der Waals surface area contributed by atoms with E-state index in [2.05, 4.69) is 15.5 Å². The van der Waals surface area contributed by atoms with Crippen LogP contribution in [0, 0.1) is 0 Å². The smallest absolute Gasteiger partial charge is 0.246 e. The Hall–Kier alpha value is -3.24. The Labute approximate surface area is 181 Å². The minimum absolute atomic E-state index is 0.0912. The number of benzene rings is 2. The molecule has 0 aliphatic carbocycles. The van der Waals surface area contributed by atoms with Gasteiger partial charge in [0.05, 0.1) is 18.6 Å². The number of carbonyl (C=O) groups is 1. The zero-order chi connectivity index (χ0) is 22.3. The highest BCUT2D eigenvalue weighted by Gasteiger charge is 2.20. The number of sulfonamides is 1. The summed E-state index contributed by atoms with van der Waals surface area (Å²) >= 11 is 0. The molecule has 0 fully saturated rings. The van der Waals surface area contributed by atoms with Gasteiger partial charge in [-0.25, -0.2) is 12.7 Å². The summed E-state index contributed by atoms with van der Waals surface area (Å²) in [6.07, 6.45) is 0.554. The van der Waals surface area contributed by atoms with Crippen molar-refractivity contribution in [1.29, 1.82) is 0 Å². The van der Waals surface area contributed by atoms with Gasteiger partial charge < -0.3 is 14.6 Å². The monoisotopic (exact) mass is 444 g/mol. The average molecular weight is 445 g/mol. The van der Waals surface area contributed by atoms with E-state index in [0.717, 1.165) is 5.56 Å². The second kappa shape index (κ2) is 10.2. The molecule has 9 nitrogen and oxygen atoms in total. The molecule has 0 atom stereocenters. The summed E-state index contributed by atoms with van der Waals surface area (Å²) in [5.74, 6) is 1.12. The number of hydrogen-bond acceptors (Lipinski definition) is 7. The number of carbonyl (C=O) groups excluding carboxylic acids is 1. The number of nitrogens with one attached hydrogen (secondary N) is 1. The average Bonchev–Trinajstić information content (AvgIpc) is 3.27. The van der Waals surface area contributed by atoms with Gasteiger partial charge in [0.15, 0.2) is 0 Å². The summed E-state index contributed by atoms with van der Waals surface area (Å²) in [5.41, 5.74) is 0.739. The topological polar surface area (TPSA) is 115 Å². The van der Waals surface area contributed by atoms with Crippen LogP contribution in [0.4, 0.5) is 0 Å². The van der Waals surface area contributed by atoms with Gasteiger partial charge in [0.1, 0.15) is 5.75 Å². The largest absolute Gasteiger partial charge is 0.497 e. The number of nitrogens with zero attached hydrogens (tertiary/aromatic N) is 3. The summed E-state index contributed by atoms with van der Waals surface area (Å²) in [5, 5.41) is 6.62. The van der Waals surface area contributed by atoms with Crippen molar-refractivity contribution in [2.75, 3.05) is 20.7 Å². The van der Waals surface area contributed by atoms with Crippen LogP contribution >= 0.6 is 0 Å². The number of amides is 1. The van der Waals surface area contributed by atoms with Crippen LogP contribution < -0.4 is 10.1 Å². The molecule has 1 amide bonds. The summed E-state index contributed by atoms with van der Waals surface area (Å²) in [6.45, 7) is 0.319. The van der Waals surface area contributed by atoms with E-state index in [9.17, 15) is 13.2 Å². The zero-order valence-corrected chi connectivity index (χ0v) is 18.1. The fourth-order valence-electron chi connectivity index (χ4n) is 2.82. The van der Waals surface area contributed by atoms with Gasteiger partial charge in [-0.05, 0) is 30.7 Å². The van der Waals surface area contributed by atoms with E-state index in [1.165, 1.54) is 11.4 Å². The van der Waals surface area contributed by atoms with Crippen LogP contribution in [0.2, 0.25) is 0 Å². The molecule has 3 aromatic rings. The molecule has 0 saturated heterocycles. The Kier molecular flexibility index (Phi) is 7.37. The molecule has 0 aliphatic rings. The van der Waals surface area contributed by atoms with Crippen molar-refractivity contribution < 1.29 is 22.5 Å². The Morgan fingerprint density at radius 3 is 2.68 bits per heavy atom. The quantitative estimate of drug-likeness (QED) is 0.511. The first-order valence-electron chi connectivity index (χ1n) is 9.65. The fourth-order valence-corrected chi connectivity index (χ4v) is 4.05. The van der Waals surface area contributed by atoms with Crippen molar-refractivity contribution >= 4 is 15.9 Å². The third kappa shape index (κ3) is 5.89. The van der Waals surface area contributed by atoms with Gasteiger partial charge in [0, 0.05) is 25.6 Å². The van der Waals surface area contributed by atoms with Crippen molar-refractivity contribution in [1.82, 2.24) is 19.8 Å². The highest BCUT2D eigenvalue weighted by molar-refractivity contribution is 7.89. The highest BCUT2D eigenvalue weighted by Crippen LogP contribution is 2.21. The Balaban J connectivity index is 1.45. The first-order valence-corrected chi connectivity index (χ1v) is 11.1. The van der Waals surface area contributed by atoms with Gasteiger partial charge in [0.25, 0.3) is 0 Å². The molecule has 1 aromatic heterocycles. The molecule has 164 valence electrons. The van der Waals surface area contributed by atoms with Crippen LogP contribution in [0.25, 0.3) is 11.4 Å². The third-order valence-corrected chi connectivity index (χ3v) is 6.43. The minimum atomic E-state index is -3.56. The molecule has 0 saturated carbocycles. The second-order valence-electron chi connectivity index (χ2n) is 6.76. The van der Waals surface area contributed by atoms with Crippen LogP contribution in [-0.4, -0.2) is 49.5 Å². The van der Waals surface area contributed by atoms with E-state index in [4.69, 9.17) is 9.26 Å². The van der Waals surface area contributed by atoms with Crippen LogP contribution in [0.3, 0.4) is 0 Å². The zero-order valence-electron chi connectivity index (χ0n) is 17.3. The minimum Gasteiger partial charge on any atom is -0.497 e. The number of rotatable bonds is 10. The first kappa shape index (κ1) is 22.4. The number of ether oxygens (including phenoxy) is 1. The van der Waals surface area contributed by atoms with Gasteiger partial charge in [-0.2, -0.15) is 4.98 Å². The van der Waals surface area contributed by atoms with Gasteiger partial charge in [-0.3, -0.25) is 4.79 Å². The number of methoxy groups -OCH3 is 1. The third-order valence-electron chi connectivity index (χ3n) is 4.56. The van der Waals surface area contributed by atoms with E-state index in [0.29, 0.717) is 18.0 Å². The molecule has 3 rings (SSSR count). The van der Waals surface area contributed by atoms with Crippen LogP contribution in [0.1, 0.15) is 18.7 Å². The molecule has 2 aromatic carbocycles. The lowest BCUT2D eigenvalue weighted by Gasteiger charge is -2.16.